The van der Waals surface area contributed by atoms with Crippen molar-refractivity contribution in [3.05, 3.63) is 34.2 Å². The zero-order valence-electron chi connectivity index (χ0n) is 10.4. The molecule has 96 valence electrons. The third kappa shape index (κ3) is 2.53. The fourth-order valence-corrected chi connectivity index (χ4v) is 2.48. The summed E-state index contributed by atoms with van der Waals surface area (Å²) in [4.78, 5) is 17.6. The van der Waals surface area contributed by atoms with E-state index in [0.29, 0.717) is 16.6 Å². The molecule has 0 atom stereocenters. The zero-order valence-corrected chi connectivity index (χ0v) is 11.2. The molecule has 18 heavy (non-hydrogen) atoms. The molecule has 0 aliphatic rings. The molecular weight excluding hydrogens is 252 g/mol. The van der Waals surface area contributed by atoms with Gasteiger partial charge in [-0.15, -0.1) is 11.3 Å². The Bertz CT molecular complexity index is 574. The predicted molar refractivity (Wildman–Crippen MR) is 69.4 cm³/mol. The number of aromatic carboxylic acids is 1. The summed E-state index contributed by atoms with van der Waals surface area (Å²) in [6, 6.07) is 3.81. The van der Waals surface area contributed by atoms with E-state index in [9.17, 15) is 4.79 Å². The van der Waals surface area contributed by atoms with E-state index in [2.05, 4.69) is 4.98 Å². The van der Waals surface area contributed by atoms with Gasteiger partial charge in [0.2, 0.25) is 0 Å². The van der Waals surface area contributed by atoms with Crippen molar-refractivity contribution >= 4 is 22.4 Å². The lowest BCUT2D eigenvalue weighted by molar-refractivity contribution is 0.0690. The number of aromatic nitrogens is 1. The molecule has 0 aliphatic carbocycles. The molecule has 0 bridgehead atoms. The van der Waals surface area contributed by atoms with E-state index < -0.39 is 5.97 Å². The maximum absolute atomic E-state index is 10.9. The first-order valence-corrected chi connectivity index (χ1v) is 6.26. The third-order valence-electron chi connectivity index (χ3n) is 2.50. The molecule has 6 heteroatoms. The van der Waals surface area contributed by atoms with Gasteiger partial charge in [-0.05, 0) is 26.0 Å². The molecular formula is C12H14N2O3S. The average molecular weight is 266 g/mol. The van der Waals surface area contributed by atoms with Crippen LogP contribution in [0.3, 0.4) is 0 Å². The van der Waals surface area contributed by atoms with Gasteiger partial charge < -0.3 is 14.4 Å². The summed E-state index contributed by atoms with van der Waals surface area (Å²) in [7, 11) is 1.86. The highest BCUT2D eigenvalue weighted by molar-refractivity contribution is 7.15. The number of rotatable bonds is 4. The summed E-state index contributed by atoms with van der Waals surface area (Å²) < 4.78 is 5.48. The quantitative estimate of drug-likeness (QED) is 0.921. The highest BCUT2D eigenvalue weighted by Crippen LogP contribution is 2.26. The summed E-state index contributed by atoms with van der Waals surface area (Å²) in [6.07, 6.45) is 0. The normalized spacial score (nSPS) is 10.6. The molecule has 0 aromatic carbocycles. The molecule has 2 rings (SSSR count). The Balaban J connectivity index is 2.16. The van der Waals surface area contributed by atoms with Crippen molar-refractivity contribution in [2.75, 3.05) is 11.9 Å². The summed E-state index contributed by atoms with van der Waals surface area (Å²) >= 11 is 1.37. The number of carboxylic acid groups (broad SMARTS) is 1. The first kappa shape index (κ1) is 12.6. The number of anilines is 1. The largest absolute Gasteiger partial charge is 0.476 e. The molecule has 0 aliphatic heterocycles. The second kappa shape index (κ2) is 4.81. The number of carboxylic acids is 1. The third-order valence-corrected chi connectivity index (χ3v) is 3.59. The van der Waals surface area contributed by atoms with E-state index in [4.69, 9.17) is 9.52 Å². The van der Waals surface area contributed by atoms with Gasteiger partial charge in [0.1, 0.15) is 11.5 Å². The van der Waals surface area contributed by atoms with E-state index in [1.807, 2.05) is 31.0 Å². The first-order valence-electron chi connectivity index (χ1n) is 5.44. The molecule has 2 heterocycles. The zero-order chi connectivity index (χ0) is 13.3. The second-order valence-corrected chi connectivity index (χ2v) is 5.26. The lowest BCUT2D eigenvalue weighted by Crippen LogP contribution is -2.15. The molecule has 0 amide bonds. The lowest BCUT2D eigenvalue weighted by Gasteiger charge is -2.13. The van der Waals surface area contributed by atoms with Crippen molar-refractivity contribution in [2.45, 2.75) is 20.4 Å². The molecule has 0 saturated carbocycles. The summed E-state index contributed by atoms with van der Waals surface area (Å²) in [5.74, 6) is 0.705. The fraction of sp³-hybridized carbons (Fsp3) is 0.333. The van der Waals surface area contributed by atoms with Gasteiger partial charge in [-0.3, -0.25) is 0 Å². The van der Waals surface area contributed by atoms with Gasteiger partial charge in [-0.1, -0.05) is 0 Å². The minimum Gasteiger partial charge on any atom is -0.476 e. The van der Waals surface area contributed by atoms with E-state index in [-0.39, 0.29) is 5.69 Å². The van der Waals surface area contributed by atoms with Crippen LogP contribution in [0.5, 0.6) is 0 Å². The van der Waals surface area contributed by atoms with Crippen LogP contribution in [0.15, 0.2) is 16.5 Å². The van der Waals surface area contributed by atoms with Crippen molar-refractivity contribution in [1.82, 2.24) is 4.98 Å². The monoisotopic (exact) mass is 266 g/mol. The standard InChI is InChI=1S/C12H14N2O3S/c1-7-4-5-9(17-7)6-14(3)12-13-10(11(15)16)8(2)18-12/h4-5H,6H2,1-3H3,(H,15,16). The average Bonchev–Trinajstić information content (AvgIpc) is 2.85. The van der Waals surface area contributed by atoms with Gasteiger partial charge in [-0.2, -0.15) is 0 Å². The molecule has 0 spiro atoms. The van der Waals surface area contributed by atoms with Crippen molar-refractivity contribution in [2.24, 2.45) is 0 Å². The minimum absolute atomic E-state index is 0.123. The SMILES string of the molecule is Cc1ccc(CN(C)c2nc(C(=O)O)c(C)s2)o1. The topological polar surface area (TPSA) is 66.6 Å². The Kier molecular flexibility index (Phi) is 3.38. The van der Waals surface area contributed by atoms with Crippen LogP contribution in [0.25, 0.3) is 0 Å². The van der Waals surface area contributed by atoms with Gasteiger partial charge in [0, 0.05) is 11.9 Å². The molecule has 2 aromatic rings. The molecule has 0 saturated heterocycles. The Labute approximate surface area is 109 Å². The van der Waals surface area contributed by atoms with Crippen molar-refractivity contribution < 1.29 is 14.3 Å². The number of thiazole rings is 1. The second-order valence-electron chi connectivity index (χ2n) is 4.07. The molecule has 5 nitrogen and oxygen atoms in total. The molecule has 2 aromatic heterocycles. The van der Waals surface area contributed by atoms with E-state index in [0.717, 1.165) is 11.5 Å². The Morgan fingerprint density at radius 1 is 1.50 bits per heavy atom. The van der Waals surface area contributed by atoms with Crippen LogP contribution in [-0.4, -0.2) is 23.1 Å². The number of nitrogens with zero attached hydrogens (tertiary/aromatic N) is 2. The number of furan rings is 1. The van der Waals surface area contributed by atoms with Gasteiger partial charge in [0.05, 0.1) is 6.54 Å². The smallest absolute Gasteiger partial charge is 0.355 e. The highest BCUT2D eigenvalue weighted by atomic mass is 32.1. The van der Waals surface area contributed by atoms with Crippen LogP contribution in [-0.2, 0) is 6.54 Å². The van der Waals surface area contributed by atoms with E-state index in [1.54, 1.807) is 6.92 Å². The highest BCUT2D eigenvalue weighted by Gasteiger charge is 2.17. The summed E-state index contributed by atoms with van der Waals surface area (Å²) in [5, 5.41) is 9.64. The Morgan fingerprint density at radius 2 is 2.22 bits per heavy atom. The lowest BCUT2D eigenvalue weighted by atomic mass is 10.4. The van der Waals surface area contributed by atoms with Crippen molar-refractivity contribution in [3.63, 3.8) is 0 Å². The maximum atomic E-state index is 10.9. The minimum atomic E-state index is -0.989. The molecule has 0 radical (unpaired) electrons. The number of carbonyl (C=O) groups is 1. The van der Waals surface area contributed by atoms with E-state index >= 15 is 0 Å². The molecule has 0 fully saturated rings. The van der Waals surface area contributed by atoms with Gasteiger partial charge in [0.15, 0.2) is 10.8 Å². The van der Waals surface area contributed by atoms with Crippen LogP contribution < -0.4 is 4.90 Å². The Hall–Kier alpha value is -1.82. The van der Waals surface area contributed by atoms with Crippen LogP contribution in [0, 0.1) is 13.8 Å². The number of aryl methyl sites for hydroxylation is 2. The predicted octanol–water partition coefficient (Wildman–Crippen LogP) is 2.69. The summed E-state index contributed by atoms with van der Waals surface area (Å²) in [6.45, 7) is 4.22. The van der Waals surface area contributed by atoms with Gasteiger partial charge in [-0.25, -0.2) is 9.78 Å². The first-order chi connectivity index (χ1) is 8.47. The van der Waals surface area contributed by atoms with Gasteiger partial charge in [0.25, 0.3) is 0 Å². The van der Waals surface area contributed by atoms with Crippen molar-refractivity contribution in [1.29, 1.82) is 0 Å². The molecule has 1 N–H and O–H groups in total. The number of hydrogen-bond acceptors (Lipinski definition) is 5. The number of hydrogen-bond donors (Lipinski definition) is 1. The van der Waals surface area contributed by atoms with Crippen molar-refractivity contribution in [3.8, 4) is 0 Å². The van der Waals surface area contributed by atoms with Crippen LogP contribution >= 0.6 is 11.3 Å². The van der Waals surface area contributed by atoms with Gasteiger partial charge >= 0.3 is 5.97 Å². The maximum Gasteiger partial charge on any atom is 0.355 e. The summed E-state index contributed by atoms with van der Waals surface area (Å²) in [5.41, 5.74) is 0.123. The van der Waals surface area contributed by atoms with E-state index in [1.165, 1.54) is 11.3 Å². The Morgan fingerprint density at radius 3 is 2.72 bits per heavy atom. The molecule has 0 unspecified atom stereocenters. The van der Waals surface area contributed by atoms with Crippen LogP contribution in [0.4, 0.5) is 5.13 Å². The fourth-order valence-electron chi connectivity index (χ4n) is 1.62. The van der Waals surface area contributed by atoms with Crippen LogP contribution in [0.2, 0.25) is 0 Å². The van der Waals surface area contributed by atoms with Crippen LogP contribution in [0.1, 0.15) is 26.9 Å².